The number of halogens is 7. The molecule has 0 radical (unpaired) electrons. The summed E-state index contributed by atoms with van der Waals surface area (Å²) in [6.07, 6.45) is -8.84. The van der Waals surface area contributed by atoms with Gasteiger partial charge < -0.3 is 9.80 Å². The Bertz CT molecular complexity index is 1580. The number of aromatic nitrogens is 1. The Morgan fingerprint density at radius 1 is 0.909 bits per heavy atom. The Balaban J connectivity index is 0.00000259. The summed E-state index contributed by atoms with van der Waals surface area (Å²) in [6, 6.07) is 6.55. The van der Waals surface area contributed by atoms with Gasteiger partial charge in [-0.1, -0.05) is 19.9 Å². The Hall–Kier alpha value is -3.68. The van der Waals surface area contributed by atoms with E-state index in [1.165, 1.54) is 38.4 Å². The fourth-order valence-corrected chi connectivity index (χ4v) is 5.95. The Morgan fingerprint density at radius 3 is 1.95 bits per heavy atom. The molecule has 1 aromatic heterocycles. The van der Waals surface area contributed by atoms with Crippen molar-refractivity contribution in [1.29, 1.82) is 0 Å². The summed E-state index contributed by atoms with van der Waals surface area (Å²) in [4.78, 5) is 20.7. The monoisotopic (exact) mass is 647 g/mol. The number of hydrogen-bond donors (Lipinski definition) is 0. The third-order valence-electron chi connectivity index (χ3n) is 7.19. The quantitative estimate of drug-likeness (QED) is 0.273. The average molecular weight is 648 g/mol. The van der Waals surface area contributed by atoms with E-state index in [1.807, 2.05) is 13.8 Å². The molecular formula is C30H32F7N3O3S. The first-order valence-electron chi connectivity index (χ1n) is 13.7. The van der Waals surface area contributed by atoms with Gasteiger partial charge >= 0.3 is 12.4 Å². The second kappa shape index (κ2) is 13.1. The van der Waals surface area contributed by atoms with Gasteiger partial charge in [-0.05, 0) is 66.9 Å². The summed E-state index contributed by atoms with van der Waals surface area (Å²) in [6.45, 7) is 7.16. The molecule has 1 unspecified atom stereocenters. The van der Waals surface area contributed by atoms with Crippen molar-refractivity contribution in [2.45, 2.75) is 46.0 Å². The summed E-state index contributed by atoms with van der Waals surface area (Å²) in [7, 11) is -1.89. The van der Waals surface area contributed by atoms with Crippen LogP contribution in [0.2, 0.25) is 0 Å². The van der Waals surface area contributed by atoms with Gasteiger partial charge in [0.05, 0.1) is 40.4 Å². The molecule has 3 aromatic rings. The molecule has 44 heavy (non-hydrogen) atoms. The lowest BCUT2D eigenvalue weighted by atomic mass is 9.94. The fraction of sp³-hybridized carbons (Fsp3) is 0.400. The number of rotatable bonds is 5. The maximum absolute atomic E-state index is 13.9. The number of hydrogen-bond acceptors (Lipinski definition) is 5. The van der Waals surface area contributed by atoms with Gasteiger partial charge in [-0.2, -0.15) is 26.3 Å². The third-order valence-corrected chi connectivity index (χ3v) is 8.80. The molecule has 1 atom stereocenters. The minimum atomic E-state index is -5.08. The average Bonchev–Trinajstić information content (AvgIpc) is 2.95. The minimum absolute atomic E-state index is 0.00565. The van der Waals surface area contributed by atoms with Crippen LogP contribution < -0.4 is 9.80 Å². The van der Waals surface area contributed by atoms with Crippen LogP contribution >= 0.6 is 0 Å². The highest BCUT2D eigenvalue weighted by Crippen LogP contribution is 2.40. The van der Waals surface area contributed by atoms with Crippen molar-refractivity contribution < 1.29 is 43.9 Å². The molecule has 2 aromatic carbocycles. The second-order valence-electron chi connectivity index (χ2n) is 10.1. The van der Waals surface area contributed by atoms with Crippen LogP contribution in [0.5, 0.6) is 0 Å². The van der Waals surface area contributed by atoms with E-state index in [4.69, 9.17) is 0 Å². The van der Waals surface area contributed by atoms with Gasteiger partial charge in [0.1, 0.15) is 11.6 Å². The lowest BCUT2D eigenvalue weighted by molar-refractivity contribution is -0.143. The van der Waals surface area contributed by atoms with Crippen LogP contribution in [0.1, 0.15) is 48.9 Å². The van der Waals surface area contributed by atoms with Crippen LogP contribution in [0, 0.1) is 12.7 Å². The highest BCUT2D eigenvalue weighted by molar-refractivity contribution is 7.91. The maximum Gasteiger partial charge on any atom is 0.416 e. The van der Waals surface area contributed by atoms with E-state index < -0.39 is 56.5 Å². The highest BCUT2D eigenvalue weighted by atomic mass is 32.2. The van der Waals surface area contributed by atoms with Gasteiger partial charge in [0.15, 0.2) is 9.84 Å². The topological polar surface area (TPSA) is 70.6 Å². The lowest BCUT2D eigenvalue weighted by Gasteiger charge is -2.30. The van der Waals surface area contributed by atoms with Crippen molar-refractivity contribution in [2.24, 2.45) is 0 Å². The number of carbonyl (C=O) groups excluding carboxylic acids is 1. The van der Waals surface area contributed by atoms with Gasteiger partial charge in [-0.3, -0.25) is 4.79 Å². The molecule has 0 saturated carbocycles. The fourth-order valence-electron chi connectivity index (χ4n) is 4.74. The number of anilines is 2. The van der Waals surface area contributed by atoms with Crippen LogP contribution in [0.4, 0.5) is 42.2 Å². The van der Waals surface area contributed by atoms with Crippen LogP contribution in [0.3, 0.4) is 0 Å². The van der Waals surface area contributed by atoms with E-state index in [0.717, 1.165) is 4.90 Å². The number of benzene rings is 2. The summed E-state index contributed by atoms with van der Waals surface area (Å²) in [5, 5.41) is 0. The zero-order valence-corrected chi connectivity index (χ0v) is 25.5. The molecule has 2 heterocycles. The molecule has 14 heteroatoms. The molecule has 1 fully saturated rings. The first-order chi connectivity index (χ1) is 20.4. The summed E-state index contributed by atoms with van der Waals surface area (Å²) in [5.41, 5.74) is -2.03. The Labute approximate surface area is 251 Å². The van der Waals surface area contributed by atoms with Crippen LogP contribution in [0.25, 0.3) is 11.1 Å². The predicted octanol–water partition coefficient (Wildman–Crippen LogP) is 7.26. The van der Waals surface area contributed by atoms with Crippen molar-refractivity contribution in [3.63, 3.8) is 0 Å². The molecule has 240 valence electrons. The van der Waals surface area contributed by atoms with Gasteiger partial charge in [0.2, 0.25) is 5.91 Å². The molecule has 1 aliphatic rings. The number of amides is 1. The standard InChI is InChI=1S/C28H26F7N3O3S.C2H6/c1-16-10-21(29)4-5-22(16)23-14-25(38-6-8-42(40,41)9-7-38)36-15-24(23)37(3)26(39)17(2)18-11-19(27(30,31)32)13-20(12-18)28(33,34)35;1-2/h4-5,10-15,17H,6-9H2,1-3H3;1-2H3. The second-order valence-corrected chi connectivity index (χ2v) is 12.4. The number of nitrogens with zero attached hydrogens (tertiary/aromatic N) is 3. The van der Waals surface area contributed by atoms with Crippen molar-refractivity contribution in [2.75, 3.05) is 41.4 Å². The number of carbonyl (C=O) groups is 1. The van der Waals surface area contributed by atoms with Crippen molar-refractivity contribution in [3.8, 4) is 11.1 Å². The molecule has 0 N–H and O–H groups in total. The normalized spacial score (nSPS) is 15.7. The molecule has 6 nitrogen and oxygen atoms in total. The van der Waals surface area contributed by atoms with Crippen molar-refractivity contribution >= 4 is 27.2 Å². The summed E-state index contributed by atoms with van der Waals surface area (Å²) >= 11 is 0. The smallest absolute Gasteiger partial charge is 0.355 e. The van der Waals surface area contributed by atoms with E-state index in [-0.39, 0.29) is 36.3 Å². The number of sulfone groups is 1. The van der Waals surface area contributed by atoms with Gasteiger partial charge in [-0.15, -0.1) is 0 Å². The van der Waals surface area contributed by atoms with E-state index in [0.29, 0.717) is 34.6 Å². The number of pyridine rings is 1. The van der Waals surface area contributed by atoms with Crippen LogP contribution in [-0.2, 0) is 27.0 Å². The van der Waals surface area contributed by atoms with Crippen molar-refractivity contribution in [3.05, 3.63) is 76.7 Å². The SMILES string of the molecule is CC.Cc1cc(F)ccc1-c1cc(N2CCS(=O)(=O)CC2)ncc1N(C)C(=O)C(C)c1cc(C(F)(F)F)cc(C(F)(F)F)c1. The van der Waals surface area contributed by atoms with Gasteiger partial charge in [0.25, 0.3) is 0 Å². The largest absolute Gasteiger partial charge is 0.416 e. The third kappa shape index (κ3) is 7.88. The van der Waals surface area contributed by atoms with E-state index >= 15 is 0 Å². The molecule has 1 amide bonds. The minimum Gasteiger partial charge on any atom is -0.355 e. The molecule has 0 aliphatic carbocycles. The maximum atomic E-state index is 13.9. The van der Waals surface area contributed by atoms with Crippen molar-refractivity contribution in [1.82, 2.24) is 4.98 Å². The highest BCUT2D eigenvalue weighted by Gasteiger charge is 2.38. The first kappa shape index (κ1) is 34.8. The molecule has 1 saturated heterocycles. The Morgan fingerprint density at radius 2 is 1.45 bits per heavy atom. The van der Waals surface area contributed by atoms with E-state index in [2.05, 4.69) is 4.98 Å². The van der Waals surface area contributed by atoms with Crippen LogP contribution in [0.15, 0.2) is 48.7 Å². The number of aryl methyl sites for hydroxylation is 1. The number of likely N-dealkylation sites (N-methyl/N-ethyl adjacent to an activating group) is 1. The van der Waals surface area contributed by atoms with Gasteiger partial charge in [-0.25, -0.2) is 17.8 Å². The summed E-state index contributed by atoms with van der Waals surface area (Å²) in [5.74, 6) is -2.55. The van der Waals surface area contributed by atoms with Crippen LogP contribution in [-0.4, -0.2) is 51.0 Å². The lowest BCUT2D eigenvalue weighted by Crippen LogP contribution is -2.40. The molecule has 0 spiro atoms. The summed E-state index contributed by atoms with van der Waals surface area (Å²) < 4.78 is 118. The predicted molar refractivity (Wildman–Crippen MR) is 155 cm³/mol. The van der Waals surface area contributed by atoms with E-state index in [1.54, 1.807) is 17.9 Å². The molecular weight excluding hydrogens is 615 g/mol. The van der Waals surface area contributed by atoms with E-state index in [9.17, 15) is 43.9 Å². The molecule has 1 aliphatic heterocycles. The molecule has 4 rings (SSSR count). The van der Waals surface area contributed by atoms with Gasteiger partial charge in [0, 0.05) is 25.7 Å². The zero-order chi connectivity index (χ0) is 33.2. The zero-order valence-electron chi connectivity index (χ0n) is 24.6. The Kier molecular flexibility index (Phi) is 10.4. The number of alkyl halides is 6. The molecule has 0 bridgehead atoms. The first-order valence-corrected chi connectivity index (χ1v) is 15.5.